The van der Waals surface area contributed by atoms with Crippen LogP contribution in [0.4, 0.5) is 4.39 Å². The first-order chi connectivity index (χ1) is 13.1. The molecule has 3 aromatic rings. The second-order valence-corrected chi connectivity index (χ2v) is 6.95. The smallest absolute Gasteiger partial charge is 0.220 e. The van der Waals surface area contributed by atoms with Gasteiger partial charge in [-0.25, -0.2) is 4.39 Å². The largest absolute Gasteiger partial charge is 0.361 e. The van der Waals surface area contributed by atoms with E-state index in [-0.39, 0.29) is 17.6 Å². The Labute approximate surface area is 160 Å². The van der Waals surface area contributed by atoms with Crippen LogP contribution in [0.1, 0.15) is 55.7 Å². The van der Waals surface area contributed by atoms with Crippen LogP contribution in [-0.4, -0.2) is 17.4 Å². The first kappa shape index (κ1) is 19.2. The van der Waals surface area contributed by atoms with Crippen molar-refractivity contribution in [3.05, 3.63) is 71.2 Å². The first-order valence-corrected chi connectivity index (χ1v) is 9.75. The van der Waals surface area contributed by atoms with E-state index in [0.29, 0.717) is 13.0 Å². The Morgan fingerprint density at radius 3 is 2.74 bits per heavy atom. The summed E-state index contributed by atoms with van der Waals surface area (Å²) in [4.78, 5) is 15.9. The van der Waals surface area contributed by atoms with E-state index in [1.165, 1.54) is 17.7 Å². The van der Waals surface area contributed by atoms with E-state index >= 15 is 0 Å². The third-order valence-electron chi connectivity index (χ3n) is 5.08. The molecule has 0 fully saturated rings. The highest BCUT2D eigenvalue weighted by atomic mass is 19.1. The van der Waals surface area contributed by atoms with Gasteiger partial charge >= 0.3 is 0 Å². The minimum atomic E-state index is -0.280. The normalized spacial score (nSPS) is 12.3. The monoisotopic (exact) mass is 366 g/mol. The van der Waals surface area contributed by atoms with Crippen LogP contribution in [0.5, 0.6) is 0 Å². The molecule has 0 aliphatic rings. The standard InChI is InChI=1S/C23H27FN2O/c1-3-5-12-25-22(27)14-20(17-9-6-10-18(24)13-17)21-15-26-23-16(4-2)8-7-11-19(21)23/h6-11,13,15,20,26H,3-5,12,14H2,1-2H3,(H,25,27). The number of carbonyl (C=O) groups excluding carboxylic acids is 1. The zero-order valence-corrected chi connectivity index (χ0v) is 16.0. The van der Waals surface area contributed by atoms with E-state index in [2.05, 4.69) is 36.3 Å². The zero-order chi connectivity index (χ0) is 19.2. The van der Waals surface area contributed by atoms with Gasteiger partial charge in [-0.05, 0) is 41.7 Å². The van der Waals surface area contributed by atoms with Crippen molar-refractivity contribution in [3.8, 4) is 0 Å². The van der Waals surface area contributed by atoms with Crippen LogP contribution in [0.3, 0.4) is 0 Å². The van der Waals surface area contributed by atoms with Gasteiger partial charge in [0, 0.05) is 36.0 Å². The molecule has 1 aromatic heterocycles. The molecule has 2 N–H and O–H groups in total. The highest BCUT2D eigenvalue weighted by molar-refractivity contribution is 5.88. The van der Waals surface area contributed by atoms with Gasteiger partial charge in [0.2, 0.25) is 5.91 Å². The number of carbonyl (C=O) groups is 1. The van der Waals surface area contributed by atoms with Crippen LogP contribution in [0.15, 0.2) is 48.7 Å². The highest BCUT2D eigenvalue weighted by Crippen LogP contribution is 2.34. The van der Waals surface area contributed by atoms with Crippen molar-refractivity contribution in [3.63, 3.8) is 0 Å². The Hall–Kier alpha value is -2.62. The van der Waals surface area contributed by atoms with Crippen LogP contribution in [0, 0.1) is 5.82 Å². The molecule has 3 nitrogen and oxygen atoms in total. The number of para-hydroxylation sites is 1. The summed E-state index contributed by atoms with van der Waals surface area (Å²) >= 11 is 0. The van der Waals surface area contributed by atoms with E-state index in [1.54, 1.807) is 6.07 Å². The number of halogens is 1. The zero-order valence-electron chi connectivity index (χ0n) is 16.0. The minimum Gasteiger partial charge on any atom is -0.361 e. The number of benzene rings is 2. The Bertz CT molecular complexity index is 916. The fraction of sp³-hybridized carbons (Fsp3) is 0.348. The van der Waals surface area contributed by atoms with Crippen molar-refractivity contribution in [2.75, 3.05) is 6.54 Å². The topological polar surface area (TPSA) is 44.9 Å². The molecule has 0 aliphatic heterocycles. The van der Waals surface area contributed by atoms with Crippen LogP contribution in [0.2, 0.25) is 0 Å². The maximum atomic E-state index is 13.9. The molecule has 3 rings (SSSR count). The Kier molecular flexibility index (Phi) is 6.28. The fourth-order valence-electron chi connectivity index (χ4n) is 3.61. The van der Waals surface area contributed by atoms with Crippen LogP contribution in [-0.2, 0) is 11.2 Å². The van der Waals surface area contributed by atoms with Crippen molar-refractivity contribution in [2.24, 2.45) is 0 Å². The number of amides is 1. The SMILES string of the molecule is CCCCNC(=O)CC(c1cccc(F)c1)c1c[nH]c2c(CC)cccc12. The molecule has 0 bridgehead atoms. The first-order valence-electron chi connectivity index (χ1n) is 9.75. The molecule has 1 heterocycles. The summed E-state index contributed by atoms with van der Waals surface area (Å²) in [6.45, 7) is 4.90. The Balaban J connectivity index is 1.98. The predicted octanol–water partition coefficient (Wildman–Crippen LogP) is 5.31. The van der Waals surface area contributed by atoms with Gasteiger partial charge in [0.15, 0.2) is 0 Å². The molecule has 27 heavy (non-hydrogen) atoms. The van der Waals surface area contributed by atoms with Gasteiger partial charge in [-0.1, -0.05) is 50.6 Å². The lowest BCUT2D eigenvalue weighted by Crippen LogP contribution is -2.26. The summed E-state index contributed by atoms with van der Waals surface area (Å²) in [5.41, 5.74) is 4.20. The molecule has 142 valence electrons. The molecule has 2 aromatic carbocycles. The molecular weight excluding hydrogens is 339 g/mol. The van der Waals surface area contributed by atoms with Crippen molar-refractivity contribution >= 4 is 16.8 Å². The molecule has 0 saturated heterocycles. The van der Waals surface area contributed by atoms with Crippen molar-refractivity contribution in [2.45, 2.75) is 45.4 Å². The number of unbranched alkanes of at least 4 members (excludes halogenated alkanes) is 1. The van der Waals surface area contributed by atoms with Gasteiger partial charge in [0.1, 0.15) is 5.82 Å². The summed E-state index contributed by atoms with van der Waals surface area (Å²) in [5.74, 6) is -0.472. The molecule has 4 heteroatoms. The number of H-pyrrole nitrogens is 1. The van der Waals surface area contributed by atoms with E-state index in [0.717, 1.165) is 41.3 Å². The lowest BCUT2D eigenvalue weighted by Gasteiger charge is -2.17. The van der Waals surface area contributed by atoms with E-state index in [9.17, 15) is 9.18 Å². The van der Waals surface area contributed by atoms with Crippen molar-refractivity contribution < 1.29 is 9.18 Å². The lowest BCUT2D eigenvalue weighted by molar-refractivity contribution is -0.121. The van der Waals surface area contributed by atoms with Gasteiger partial charge < -0.3 is 10.3 Å². The summed E-state index contributed by atoms with van der Waals surface area (Å²) < 4.78 is 13.9. The maximum Gasteiger partial charge on any atom is 0.220 e. The second kappa shape index (κ2) is 8.85. The number of nitrogens with one attached hydrogen (secondary N) is 2. The second-order valence-electron chi connectivity index (χ2n) is 6.95. The number of aromatic amines is 1. The molecule has 0 spiro atoms. The number of aromatic nitrogens is 1. The summed E-state index contributed by atoms with van der Waals surface area (Å²) in [6, 6.07) is 12.8. The quantitative estimate of drug-likeness (QED) is 0.522. The van der Waals surface area contributed by atoms with Gasteiger partial charge in [-0.3, -0.25) is 4.79 Å². The molecule has 0 aliphatic carbocycles. The van der Waals surface area contributed by atoms with Gasteiger partial charge in [0.05, 0.1) is 0 Å². The summed E-state index contributed by atoms with van der Waals surface area (Å²) in [7, 11) is 0. The molecule has 1 unspecified atom stereocenters. The van der Waals surface area contributed by atoms with E-state index in [4.69, 9.17) is 0 Å². The Morgan fingerprint density at radius 2 is 2.00 bits per heavy atom. The third-order valence-corrected chi connectivity index (χ3v) is 5.08. The van der Waals surface area contributed by atoms with Crippen LogP contribution < -0.4 is 5.32 Å². The fourth-order valence-corrected chi connectivity index (χ4v) is 3.61. The number of hydrogen-bond acceptors (Lipinski definition) is 1. The lowest BCUT2D eigenvalue weighted by atomic mass is 9.87. The molecular formula is C23H27FN2O. The van der Waals surface area contributed by atoms with Crippen LogP contribution in [0.25, 0.3) is 10.9 Å². The van der Waals surface area contributed by atoms with Gasteiger partial charge in [-0.2, -0.15) is 0 Å². The molecule has 1 atom stereocenters. The van der Waals surface area contributed by atoms with Crippen LogP contribution >= 0.6 is 0 Å². The minimum absolute atomic E-state index is 0.00120. The van der Waals surface area contributed by atoms with Crippen molar-refractivity contribution in [1.29, 1.82) is 0 Å². The molecule has 0 saturated carbocycles. The van der Waals surface area contributed by atoms with E-state index in [1.807, 2.05) is 18.3 Å². The number of aryl methyl sites for hydroxylation is 1. The predicted molar refractivity (Wildman–Crippen MR) is 108 cm³/mol. The average molecular weight is 366 g/mol. The number of hydrogen-bond donors (Lipinski definition) is 2. The van der Waals surface area contributed by atoms with E-state index < -0.39 is 0 Å². The van der Waals surface area contributed by atoms with Crippen molar-refractivity contribution in [1.82, 2.24) is 10.3 Å². The van der Waals surface area contributed by atoms with Gasteiger partial charge in [-0.15, -0.1) is 0 Å². The molecule has 0 radical (unpaired) electrons. The average Bonchev–Trinajstić information content (AvgIpc) is 3.10. The number of rotatable bonds is 8. The number of fused-ring (bicyclic) bond motifs is 1. The Morgan fingerprint density at radius 1 is 1.19 bits per heavy atom. The summed E-state index contributed by atoms with van der Waals surface area (Å²) in [6.07, 6.45) is 5.20. The third kappa shape index (κ3) is 4.38. The summed E-state index contributed by atoms with van der Waals surface area (Å²) in [5, 5.41) is 4.09. The maximum absolute atomic E-state index is 13.9. The molecule has 1 amide bonds. The highest BCUT2D eigenvalue weighted by Gasteiger charge is 2.22. The van der Waals surface area contributed by atoms with Gasteiger partial charge in [0.25, 0.3) is 0 Å².